The van der Waals surface area contributed by atoms with Crippen molar-refractivity contribution in [3.63, 3.8) is 0 Å². The minimum Gasteiger partial charge on any atom is -0.348 e. The van der Waals surface area contributed by atoms with E-state index in [0.29, 0.717) is 17.8 Å². The van der Waals surface area contributed by atoms with Gasteiger partial charge in [-0.2, -0.15) is 0 Å². The van der Waals surface area contributed by atoms with Gasteiger partial charge in [-0.05, 0) is 35.4 Å². The van der Waals surface area contributed by atoms with Gasteiger partial charge >= 0.3 is 0 Å². The van der Waals surface area contributed by atoms with Gasteiger partial charge in [0.1, 0.15) is 0 Å². The Balaban J connectivity index is 1.85. The number of hydrogen-bond donors (Lipinski definition) is 2. The van der Waals surface area contributed by atoms with Gasteiger partial charge in [-0.25, -0.2) is 0 Å². The first-order chi connectivity index (χ1) is 13.2. The predicted octanol–water partition coefficient (Wildman–Crippen LogP) is 3.80. The normalized spacial score (nSPS) is 10.1. The number of pyridine rings is 1. The summed E-state index contributed by atoms with van der Waals surface area (Å²) in [6, 6.07) is 18.6. The van der Waals surface area contributed by atoms with Crippen molar-refractivity contribution in [2.75, 3.05) is 5.32 Å². The highest BCUT2D eigenvalue weighted by Crippen LogP contribution is 2.29. The number of amides is 2. The minimum absolute atomic E-state index is 0.229. The van der Waals surface area contributed by atoms with Gasteiger partial charge in [0.25, 0.3) is 5.91 Å². The van der Waals surface area contributed by atoms with Crippen molar-refractivity contribution in [2.45, 2.75) is 6.54 Å². The van der Waals surface area contributed by atoms with E-state index in [1.165, 1.54) is 6.08 Å². The molecule has 0 spiro atoms. The summed E-state index contributed by atoms with van der Waals surface area (Å²) in [6.07, 6.45) is 4.58. The molecular formula is C22H19N3O2. The van der Waals surface area contributed by atoms with Crippen LogP contribution in [0.3, 0.4) is 0 Å². The van der Waals surface area contributed by atoms with Crippen molar-refractivity contribution >= 4 is 17.5 Å². The van der Waals surface area contributed by atoms with Crippen LogP contribution in [0.15, 0.2) is 85.7 Å². The molecule has 134 valence electrons. The summed E-state index contributed by atoms with van der Waals surface area (Å²) in [5.41, 5.74) is 3.69. The molecule has 3 rings (SSSR count). The van der Waals surface area contributed by atoms with Crippen LogP contribution < -0.4 is 10.6 Å². The Morgan fingerprint density at radius 2 is 1.85 bits per heavy atom. The van der Waals surface area contributed by atoms with Gasteiger partial charge in [0, 0.05) is 35.8 Å². The van der Waals surface area contributed by atoms with Gasteiger partial charge in [0.05, 0.1) is 0 Å². The van der Waals surface area contributed by atoms with Gasteiger partial charge in [-0.3, -0.25) is 14.6 Å². The van der Waals surface area contributed by atoms with Crippen molar-refractivity contribution in [3.05, 3.63) is 96.8 Å². The minimum atomic E-state index is -0.333. The summed E-state index contributed by atoms with van der Waals surface area (Å²) in [7, 11) is 0. The summed E-state index contributed by atoms with van der Waals surface area (Å²) in [4.78, 5) is 28.4. The van der Waals surface area contributed by atoms with E-state index in [4.69, 9.17) is 0 Å². The smallest absolute Gasteiger partial charge is 0.251 e. The Kier molecular flexibility index (Phi) is 5.74. The first-order valence-electron chi connectivity index (χ1n) is 8.47. The second kappa shape index (κ2) is 8.58. The molecule has 0 radical (unpaired) electrons. The zero-order chi connectivity index (χ0) is 19.1. The molecule has 0 fully saturated rings. The lowest BCUT2D eigenvalue weighted by Crippen LogP contribution is -2.23. The molecule has 0 bridgehead atoms. The number of rotatable bonds is 6. The molecule has 1 heterocycles. The Hall–Kier alpha value is -3.73. The molecule has 0 saturated carbocycles. The van der Waals surface area contributed by atoms with E-state index < -0.39 is 0 Å². The molecule has 0 aliphatic carbocycles. The van der Waals surface area contributed by atoms with E-state index in [1.54, 1.807) is 24.5 Å². The van der Waals surface area contributed by atoms with E-state index in [-0.39, 0.29) is 11.8 Å². The molecule has 27 heavy (non-hydrogen) atoms. The van der Waals surface area contributed by atoms with Gasteiger partial charge in [0.15, 0.2) is 0 Å². The first-order valence-corrected chi connectivity index (χ1v) is 8.47. The maximum Gasteiger partial charge on any atom is 0.251 e. The van der Waals surface area contributed by atoms with Crippen LogP contribution in [0.25, 0.3) is 11.1 Å². The number of nitrogens with one attached hydrogen (secondary N) is 2. The average molecular weight is 357 g/mol. The molecule has 2 amide bonds. The maximum absolute atomic E-state index is 12.5. The fourth-order valence-electron chi connectivity index (χ4n) is 2.63. The van der Waals surface area contributed by atoms with Crippen LogP contribution in [0.1, 0.15) is 15.9 Å². The highest BCUT2D eigenvalue weighted by molar-refractivity contribution is 6.04. The molecule has 0 aliphatic rings. The Bertz CT molecular complexity index is 954. The highest BCUT2D eigenvalue weighted by atomic mass is 16.2. The average Bonchev–Trinajstić information content (AvgIpc) is 2.73. The third kappa shape index (κ3) is 4.67. The van der Waals surface area contributed by atoms with E-state index in [9.17, 15) is 9.59 Å². The number of hydrogen-bond acceptors (Lipinski definition) is 3. The molecule has 5 heteroatoms. The van der Waals surface area contributed by atoms with Crippen molar-refractivity contribution in [3.8, 4) is 11.1 Å². The van der Waals surface area contributed by atoms with Crippen LogP contribution >= 0.6 is 0 Å². The lowest BCUT2D eigenvalue weighted by atomic mass is 10.0. The third-order valence-corrected chi connectivity index (χ3v) is 3.99. The van der Waals surface area contributed by atoms with Gasteiger partial charge < -0.3 is 10.6 Å². The van der Waals surface area contributed by atoms with Crippen LogP contribution in [0.2, 0.25) is 0 Å². The molecule has 3 aromatic rings. The van der Waals surface area contributed by atoms with Gasteiger partial charge in [-0.1, -0.05) is 49.0 Å². The molecular weight excluding hydrogens is 338 g/mol. The van der Waals surface area contributed by atoms with Crippen molar-refractivity contribution in [1.29, 1.82) is 0 Å². The monoisotopic (exact) mass is 357 g/mol. The molecule has 0 saturated heterocycles. The zero-order valence-corrected chi connectivity index (χ0v) is 14.7. The number of anilines is 1. The van der Waals surface area contributed by atoms with Crippen LogP contribution in [0.5, 0.6) is 0 Å². The molecule has 0 atom stereocenters. The topological polar surface area (TPSA) is 71.1 Å². The summed E-state index contributed by atoms with van der Waals surface area (Å²) in [6.45, 7) is 3.86. The van der Waals surface area contributed by atoms with Gasteiger partial charge in [0.2, 0.25) is 5.91 Å². The quantitative estimate of drug-likeness (QED) is 0.659. The summed E-state index contributed by atoms with van der Waals surface area (Å²) in [5.74, 6) is -0.562. The number of nitrogens with zero attached hydrogens (tertiary/aromatic N) is 1. The fraction of sp³-hybridized carbons (Fsp3) is 0.0455. The van der Waals surface area contributed by atoms with E-state index in [2.05, 4.69) is 22.2 Å². The van der Waals surface area contributed by atoms with Crippen LogP contribution in [0, 0.1) is 0 Å². The van der Waals surface area contributed by atoms with E-state index in [1.807, 2.05) is 48.5 Å². The Morgan fingerprint density at radius 3 is 2.56 bits per heavy atom. The highest BCUT2D eigenvalue weighted by Gasteiger charge is 2.12. The maximum atomic E-state index is 12.5. The number of carbonyl (C=O) groups is 2. The van der Waals surface area contributed by atoms with Crippen molar-refractivity contribution in [1.82, 2.24) is 10.3 Å². The molecule has 1 aromatic heterocycles. The first kappa shape index (κ1) is 18.1. The standard InChI is InChI=1S/C22H19N3O2/c1-2-21(26)25-20-13-18(10-11-19(20)17-8-4-3-5-9-17)22(27)24-15-16-7-6-12-23-14-16/h2-14H,1,15H2,(H,24,27)(H,25,26). The lowest BCUT2D eigenvalue weighted by molar-refractivity contribution is -0.111. The third-order valence-electron chi connectivity index (χ3n) is 3.99. The second-order valence-corrected chi connectivity index (χ2v) is 5.86. The zero-order valence-electron chi connectivity index (χ0n) is 14.7. The molecule has 2 N–H and O–H groups in total. The molecule has 0 unspecified atom stereocenters. The largest absolute Gasteiger partial charge is 0.348 e. The van der Waals surface area contributed by atoms with Gasteiger partial charge in [-0.15, -0.1) is 0 Å². The Labute approximate surface area is 157 Å². The summed E-state index contributed by atoms with van der Waals surface area (Å²) >= 11 is 0. The van der Waals surface area contributed by atoms with Crippen LogP contribution in [-0.2, 0) is 11.3 Å². The van der Waals surface area contributed by atoms with Crippen LogP contribution in [0.4, 0.5) is 5.69 Å². The summed E-state index contributed by atoms with van der Waals surface area (Å²) in [5, 5.41) is 5.64. The number of aromatic nitrogens is 1. The molecule has 5 nitrogen and oxygen atoms in total. The van der Waals surface area contributed by atoms with E-state index >= 15 is 0 Å². The second-order valence-electron chi connectivity index (χ2n) is 5.86. The predicted molar refractivity (Wildman–Crippen MR) is 106 cm³/mol. The SMILES string of the molecule is C=CC(=O)Nc1cc(C(=O)NCc2cccnc2)ccc1-c1ccccc1. The van der Waals surface area contributed by atoms with E-state index in [0.717, 1.165) is 16.7 Å². The van der Waals surface area contributed by atoms with Crippen molar-refractivity contribution < 1.29 is 9.59 Å². The summed E-state index contributed by atoms with van der Waals surface area (Å²) < 4.78 is 0. The fourth-order valence-corrected chi connectivity index (χ4v) is 2.63. The lowest BCUT2D eigenvalue weighted by Gasteiger charge is -2.13. The molecule has 2 aromatic carbocycles. The number of carbonyl (C=O) groups excluding carboxylic acids is 2. The van der Waals surface area contributed by atoms with Crippen molar-refractivity contribution in [2.24, 2.45) is 0 Å². The van der Waals surface area contributed by atoms with Crippen LogP contribution in [-0.4, -0.2) is 16.8 Å². The Morgan fingerprint density at radius 1 is 1.04 bits per heavy atom. The number of benzene rings is 2. The molecule has 0 aliphatic heterocycles.